The quantitative estimate of drug-likeness (QED) is 0.653. The molecule has 144 valence electrons. The van der Waals surface area contributed by atoms with Gasteiger partial charge in [-0.2, -0.15) is 0 Å². The summed E-state index contributed by atoms with van der Waals surface area (Å²) in [5.41, 5.74) is 0.690. The van der Waals surface area contributed by atoms with Crippen LogP contribution in [-0.4, -0.2) is 32.8 Å². The van der Waals surface area contributed by atoms with E-state index in [4.69, 9.17) is 11.6 Å². The van der Waals surface area contributed by atoms with E-state index in [1.165, 1.54) is 24.3 Å². The van der Waals surface area contributed by atoms with Crippen molar-refractivity contribution in [3.8, 4) is 0 Å². The minimum atomic E-state index is -3.59. The maximum absolute atomic E-state index is 12.1. The van der Waals surface area contributed by atoms with Crippen LogP contribution in [-0.2, 0) is 14.8 Å². The van der Waals surface area contributed by atoms with Crippen LogP contribution in [0.5, 0.6) is 0 Å². The van der Waals surface area contributed by atoms with Gasteiger partial charge in [-0.05, 0) is 50.2 Å². The summed E-state index contributed by atoms with van der Waals surface area (Å²) in [6.07, 6.45) is 0. The van der Waals surface area contributed by atoms with Gasteiger partial charge in [-0.3, -0.25) is 9.59 Å². The Morgan fingerprint density at radius 3 is 2.26 bits per heavy atom. The molecular weight excluding hydrogens is 390 g/mol. The molecular formula is C18H20ClN3O4S. The highest BCUT2D eigenvalue weighted by molar-refractivity contribution is 7.89. The van der Waals surface area contributed by atoms with E-state index >= 15 is 0 Å². The zero-order valence-corrected chi connectivity index (χ0v) is 16.4. The lowest BCUT2D eigenvalue weighted by Gasteiger charge is -2.11. The molecule has 0 atom stereocenters. The first-order valence-corrected chi connectivity index (χ1v) is 10.00. The number of halogens is 1. The van der Waals surface area contributed by atoms with Crippen molar-refractivity contribution in [1.29, 1.82) is 0 Å². The second kappa shape index (κ2) is 8.98. The number of amides is 2. The fourth-order valence-corrected chi connectivity index (χ4v) is 3.67. The first kappa shape index (κ1) is 20.9. The minimum Gasteiger partial charge on any atom is -0.343 e. The molecule has 0 aliphatic rings. The standard InChI is InChI=1S/C18H20ClN3O4S/c1-12(2)22-27(25,26)14-9-7-13(8-10-14)21-17(23)11-20-18(24)15-5-3-4-6-16(15)19/h3-10,12,22H,11H2,1-2H3,(H,20,24)(H,21,23). The Morgan fingerprint density at radius 1 is 1.04 bits per heavy atom. The average molecular weight is 410 g/mol. The molecule has 0 aliphatic heterocycles. The summed E-state index contributed by atoms with van der Waals surface area (Å²) < 4.78 is 26.6. The van der Waals surface area contributed by atoms with Gasteiger partial charge in [0.15, 0.2) is 0 Å². The molecule has 0 spiro atoms. The average Bonchev–Trinajstić information content (AvgIpc) is 2.59. The molecule has 0 saturated heterocycles. The molecule has 3 N–H and O–H groups in total. The Balaban J connectivity index is 1.93. The highest BCUT2D eigenvalue weighted by Gasteiger charge is 2.15. The van der Waals surface area contributed by atoms with Crippen molar-refractivity contribution >= 4 is 39.1 Å². The summed E-state index contributed by atoms with van der Waals surface area (Å²) in [4.78, 5) is 24.1. The van der Waals surface area contributed by atoms with Gasteiger partial charge in [0.1, 0.15) is 0 Å². The van der Waals surface area contributed by atoms with E-state index < -0.39 is 21.8 Å². The topological polar surface area (TPSA) is 104 Å². The predicted molar refractivity (Wildman–Crippen MR) is 104 cm³/mol. The van der Waals surface area contributed by atoms with Crippen molar-refractivity contribution in [3.05, 3.63) is 59.1 Å². The zero-order valence-electron chi connectivity index (χ0n) is 14.8. The zero-order chi connectivity index (χ0) is 20.0. The van der Waals surface area contributed by atoms with E-state index in [1.807, 2.05) is 0 Å². The predicted octanol–water partition coefficient (Wildman–Crippen LogP) is 2.40. The van der Waals surface area contributed by atoms with Crippen molar-refractivity contribution in [1.82, 2.24) is 10.0 Å². The Labute approximate surface area is 163 Å². The van der Waals surface area contributed by atoms with Crippen LogP contribution in [0.25, 0.3) is 0 Å². The fraction of sp³-hybridized carbons (Fsp3) is 0.222. The lowest BCUT2D eigenvalue weighted by atomic mass is 10.2. The van der Waals surface area contributed by atoms with Crippen molar-refractivity contribution in [2.45, 2.75) is 24.8 Å². The third kappa shape index (κ3) is 6.06. The van der Waals surface area contributed by atoms with Crippen LogP contribution in [0.1, 0.15) is 24.2 Å². The molecule has 0 bridgehead atoms. The summed E-state index contributed by atoms with van der Waals surface area (Å²) in [5.74, 6) is -0.914. The molecule has 0 heterocycles. The number of carbonyl (C=O) groups is 2. The number of nitrogens with one attached hydrogen (secondary N) is 3. The molecule has 0 saturated carbocycles. The molecule has 0 unspecified atom stereocenters. The molecule has 0 fully saturated rings. The summed E-state index contributed by atoms with van der Waals surface area (Å²) in [7, 11) is -3.59. The van der Waals surface area contributed by atoms with E-state index in [0.717, 1.165) is 0 Å². The van der Waals surface area contributed by atoms with E-state index in [1.54, 1.807) is 38.1 Å². The monoisotopic (exact) mass is 409 g/mol. The number of anilines is 1. The van der Waals surface area contributed by atoms with E-state index in [0.29, 0.717) is 10.7 Å². The molecule has 27 heavy (non-hydrogen) atoms. The third-order valence-electron chi connectivity index (χ3n) is 3.37. The van der Waals surface area contributed by atoms with Crippen molar-refractivity contribution in [2.75, 3.05) is 11.9 Å². The van der Waals surface area contributed by atoms with Crippen LogP contribution in [0, 0.1) is 0 Å². The fourth-order valence-electron chi connectivity index (χ4n) is 2.20. The van der Waals surface area contributed by atoms with Gasteiger partial charge in [0.2, 0.25) is 15.9 Å². The second-order valence-corrected chi connectivity index (χ2v) is 8.13. The molecule has 2 rings (SSSR count). The molecule has 0 radical (unpaired) electrons. The van der Waals surface area contributed by atoms with Gasteiger partial charge in [-0.25, -0.2) is 13.1 Å². The smallest absolute Gasteiger partial charge is 0.253 e. The summed E-state index contributed by atoms with van der Waals surface area (Å²) in [6.45, 7) is 3.20. The SMILES string of the molecule is CC(C)NS(=O)(=O)c1ccc(NC(=O)CNC(=O)c2ccccc2Cl)cc1. The molecule has 0 aromatic heterocycles. The maximum Gasteiger partial charge on any atom is 0.253 e. The Bertz CT molecular complexity index is 928. The highest BCUT2D eigenvalue weighted by Crippen LogP contribution is 2.15. The van der Waals surface area contributed by atoms with Gasteiger partial charge < -0.3 is 10.6 Å². The normalized spacial score (nSPS) is 11.3. The van der Waals surface area contributed by atoms with Crippen molar-refractivity contribution in [2.24, 2.45) is 0 Å². The Kier molecular flexibility index (Phi) is 6.95. The molecule has 2 aromatic carbocycles. The first-order valence-electron chi connectivity index (χ1n) is 8.14. The second-order valence-electron chi connectivity index (χ2n) is 6.01. The minimum absolute atomic E-state index is 0.0984. The molecule has 7 nitrogen and oxygen atoms in total. The van der Waals surface area contributed by atoms with Gasteiger partial charge in [-0.15, -0.1) is 0 Å². The Hall–Kier alpha value is -2.42. The molecule has 9 heteroatoms. The number of hydrogen-bond donors (Lipinski definition) is 3. The summed E-state index contributed by atoms with van der Waals surface area (Å²) >= 11 is 5.93. The van der Waals surface area contributed by atoms with Gasteiger partial charge >= 0.3 is 0 Å². The van der Waals surface area contributed by atoms with Crippen LogP contribution < -0.4 is 15.4 Å². The number of rotatable bonds is 7. The van der Waals surface area contributed by atoms with Gasteiger partial charge in [0.05, 0.1) is 22.0 Å². The third-order valence-corrected chi connectivity index (χ3v) is 5.37. The maximum atomic E-state index is 12.1. The van der Waals surface area contributed by atoms with Crippen LogP contribution in [0.4, 0.5) is 5.69 Å². The van der Waals surface area contributed by atoms with Crippen LogP contribution >= 0.6 is 11.6 Å². The van der Waals surface area contributed by atoms with E-state index in [-0.39, 0.29) is 23.0 Å². The Morgan fingerprint density at radius 2 is 1.67 bits per heavy atom. The van der Waals surface area contributed by atoms with Gasteiger partial charge in [0.25, 0.3) is 5.91 Å². The van der Waals surface area contributed by atoms with Gasteiger partial charge in [-0.1, -0.05) is 23.7 Å². The van der Waals surface area contributed by atoms with E-state index in [9.17, 15) is 18.0 Å². The van der Waals surface area contributed by atoms with Crippen LogP contribution in [0.2, 0.25) is 5.02 Å². The molecule has 0 aliphatic carbocycles. The van der Waals surface area contributed by atoms with Gasteiger partial charge in [0, 0.05) is 11.7 Å². The number of benzene rings is 2. The summed E-state index contributed by atoms with van der Waals surface area (Å²) in [5, 5.41) is 5.35. The van der Waals surface area contributed by atoms with Crippen LogP contribution in [0.3, 0.4) is 0 Å². The lowest BCUT2D eigenvalue weighted by Crippen LogP contribution is -2.33. The van der Waals surface area contributed by atoms with Crippen LogP contribution in [0.15, 0.2) is 53.4 Å². The molecule has 2 amide bonds. The van der Waals surface area contributed by atoms with E-state index in [2.05, 4.69) is 15.4 Å². The number of carbonyl (C=O) groups excluding carboxylic acids is 2. The summed E-state index contributed by atoms with van der Waals surface area (Å²) in [6, 6.07) is 12.0. The highest BCUT2D eigenvalue weighted by atomic mass is 35.5. The lowest BCUT2D eigenvalue weighted by molar-refractivity contribution is -0.115. The first-order chi connectivity index (χ1) is 12.7. The van der Waals surface area contributed by atoms with Crippen molar-refractivity contribution < 1.29 is 18.0 Å². The van der Waals surface area contributed by atoms with Crippen molar-refractivity contribution in [3.63, 3.8) is 0 Å². The number of hydrogen-bond acceptors (Lipinski definition) is 4. The number of sulfonamides is 1. The largest absolute Gasteiger partial charge is 0.343 e. The molecule has 2 aromatic rings.